The summed E-state index contributed by atoms with van der Waals surface area (Å²) < 4.78 is 0. The van der Waals surface area contributed by atoms with Gasteiger partial charge in [0.1, 0.15) is 0 Å². The largest absolute Gasteiger partial charge is 0.395 e. The highest BCUT2D eigenvalue weighted by molar-refractivity contribution is 7.99. The van der Waals surface area contributed by atoms with Gasteiger partial charge in [-0.1, -0.05) is 0 Å². The van der Waals surface area contributed by atoms with Crippen molar-refractivity contribution in [3.05, 3.63) is 0 Å². The Morgan fingerprint density at radius 3 is 2.75 bits per heavy atom. The number of rotatable bonds is 4. The molecule has 2 atom stereocenters. The lowest BCUT2D eigenvalue weighted by atomic mass is 10.2. The van der Waals surface area contributed by atoms with Gasteiger partial charge in [-0.3, -0.25) is 4.79 Å². The van der Waals surface area contributed by atoms with Crippen LogP contribution in [0.25, 0.3) is 0 Å². The highest BCUT2D eigenvalue weighted by Crippen LogP contribution is 2.09. The number of thioether (sulfide) groups is 1. The Morgan fingerprint density at radius 1 is 1.83 bits per heavy atom. The molecule has 2 unspecified atom stereocenters. The fourth-order valence-corrected chi connectivity index (χ4v) is 1.40. The number of aliphatic hydroxyl groups is 1. The molecule has 0 saturated heterocycles. The molecule has 0 radical (unpaired) electrons. The lowest BCUT2D eigenvalue weighted by Gasteiger charge is -2.19. The van der Waals surface area contributed by atoms with E-state index in [-0.39, 0.29) is 17.9 Å². The zero-order valence-electron chi connectivity index (χ0n) is 7.20. The maximum absolute atomic E-state index is 10.7. The van der Waals surface area contributed by atoms with Crippen LogP contribution in [0.1, 0.15) is 6.92 Å². The van der Waals surface area contributed by atoms with Gasteiger partial charge in [0.15, 0.2) is 0 Å². The second-order valence-electron chi connectivity index (χ2n) is 2.36. The Labute approximate surface area is 76.9 Å². The monoisotopic (exact) mass is 187 g/mol. The van der Waals surface area contributed by atoms with E-state index in [0.717, 1.165) is 0 Å². The van der Waals surface area contributed by atoms with Crippen LogP contribution in [0.15, 0.2) is 0 Å². The van der Waals surface area contributed by atoms with Crippen molar-refractivity contribution < 1.29 is 9.90 Å². The fourth-order valence-electron chi connectivity index (χ4n) is 0.778. The molecule has 0 saturated carbocycles. The van der Waals surface area contributed by atoms with Gasteiger partial charge >= 0.3 is 0 Å². The molecule has 0 aromatic rings. The summed E-state index contributed by atoms with van der Waals surface area (Å²) >= 11 is 1.50. The van der Waals surface area contributed by atoms with Gasteiger partial charge in [0.2, 0.25) is 0 Å². The van der Waals surface area contributed by atoms with Gasteiger partial charge in [0.25, 0.3) is 5.91 Å². The summed E-state index contributed by atoms with van der Waals surface area (Å²) in [5.74, 6) is 1.52. The van der Waals surface area contributed by atoms with Crippen LogP contribution in [0.4, 0.5) is 0 Å². The number of carbonyl (C=O) groups is 1. The van der Waals surface area contributed by atoms with E-state index >= 15 is 0 Å². The summed E-state index contributed by atoms with van der Waals surface area (Å²) in [6.45, 7) is 1.85. The minimum Gasteiger partial charge on any atom is -0.395 e. The molecule has 4 heteroatoms. The quantitative estimate of drug-likeness (QED) is 0.602. The minimum absolute atomic E-state index is 0.00213. The van der Waals surface area contributed by atoms with Crippen molar-refractivity contribution in [3.8, 4) is 12.3 Å². The van der Waals surface area contributed by atoms with Crippen LogP contribution in [0.5, 0.6) is 0 Å². The van der Waals surface area contributed by atoms with Crippen LogP contribution in [0, 0.1) is 12.3 Å². The van der Waals surface area contributed by atoms with Crippen LogP contribution in [-0.2, 0) is 4.79 Å². The van der Waals surface area contributed by atoms with Crippen LogP contribution < -0.4 is 5.32 Å². The summed E-state index contributed by atoms with van der Waals surface area (Å²) in [4.78, 5) is 10.7. The number of hydrogen-bond acceptors (Lipinski definition) is 3. The predicted molar refractivity (Wildman–Crippen MR) is 50.8 cm³/mol. The first-order chi connectivity index (χ1) is 5.65. The maximum Gasteiger partial charge on any atom is 0.295 e. The first-order valence-electron chi connectivity index (χ1n) is 3.56. The van der Waals surface area contributed by atoms with Crippen LogP contribution >= 0.6 is 11.8 Å². The van der Waals surface area contributed by atoms with E-state index in [1.165, 1.54) is 11.8 Å². The standard InChI is InChI=1S/C8H13NO2S/c1-4-8(11)9-6(2)7(5-10)12-3/h1,6-7,10H,5H2,2-3H3,(H,9,11). The van der Waals surface area contributed by atoms with Crippen molar-refractivity contribution in [3.63, 3.8) is 0 Å². The van der Waals surface area contributed by atoms with Crippen molar-refractivity contribution in [1.82, 2.24) is 5.32 Å². The first kappa shape index (κ1) is 11.3. The lowest BCUT2D eigenvalue weighted by Crippen LogP contribution is -2.40. The van der Waals surface area contributed by atoms with E-state index in [1.54, 1.807) is 0 Å². The highest BCUT2D eigenvalue weighted by atomic mass is 32.2. The number of aliphatic hydroxyl groups excluding tert-OH is 1. The van der Waals surface area contributed by atoms with Crippen LogP contribution in [0.2, 0.25) is 0 Å². The smallest absolute Gasteiger partial charge is 0.295 e. The van der Waals surface area contributed by atoms with Crippen molar-refractivity contribution in [1.29, 1.82) is 0 Å². The van der Waals surface area contributed by atoms with Crippen LogP contribution in [0.3, 0.4) is 0 Å². The number of hydrogen-bond donors (Lipinski definition) is 2. The molecule has 68 valence electrons. The SMILES string of the molecule is C#CC(=O)NC(C)C(CO)SC. The topological polar surface area (TPSA) is 49.3 Å². The van der Waals surface area contributed by atoms with E-state index in [9.17, 15) is 4.79 Å². The molecule has 0 spiro atoms. The molecule has 0 heterocycles. The average molecular weight is 187 g/mol. The normalized spacial score (nSPS) is 14.5. The van der Waals surface area contributed by atoms with E-state index in [0.29, 0.717) is 0 Å². The second-order valence-corrected chi connectivity index (χ2v) is 3.44. The number of amides is 1. The van der Waals surface area contributed by atoms with Gasteiger partial charge < -0.3 is 10.4 Å². The van der Waals surface area contributed by atoms with Crippen molar-refractivity contribution in [2.24, 2.45) is 0 Å². The molecular weight excluding hydrogens is 174 g/mol. The zero-order valence-corrected chi connectivity index (χ0v) is 8.02. The third-order valence-electron chi connectivity index (χ3n) is 1.53. The third-order valence-corrected chi connectivity index (χ3v) is 2.69. The molecule has 0 bridgehead atoms. The summed E-state index contributed by atoms with van der Waals surface area (Å²) in [5, 5.41) is 11.4. The van der Waals surface area contributed by atoms with Gasteiger partial charge in [-0.25, -0.2) is 0 Å². The van der Waals surface area contributed by atoms with Crippen LogP contribution in [-0.4, -0.2) is 35.2 Å². The molecule has 0 aromatic carbocycles. The summed E-state index contributed by atoms with van der Waals surface area (Å²) in [7, 11) is 0. The summed E-state index contributed by atoms with van der Waals surface area (Å²) in [6, 6.07) is -0.103. The predicted octanol–water partition coefficient (Wildman–Crippen LogP) is -0.152. The maximum atomic E-state index is 10.7. The number of carbonyl (C=O) groups excluding carboxylic acids is 1. The van der Waals surface area contributed by atoms with Gasteiger partial charge in [-0.2, -0.15) is 11.8 Å². The molecule has 0 rings (SSSR count). The van der Waals surface area contributed by atoms with Gasteiger partial charge in [-0.15, -0.1) is 6.42 Å². The minimum atomic E-state index is -0.435. The summed E-state index contributed by atoms with van der Waals surface area (Å²) in [6.07, 6.45) is 6.75. The Morgan fingerprint density at radius 2 is 2.42 bits per heavy atom. The van der Waals surface area contributed by atoms with Crippen molar-refractivity contribution in [2.45, 2.75) is 18.2 Å². The van der Waals surface area contributed by atoms with E-state index in [2.05, 4.69) is 5.32 Å². The third kappa shape index (κ3) is 3.65. The number of terminal acetylenes is 1. The fraction of sp³-hybridized carbons (Fsp3) is 0.625. The Balaban J connectivity index is 3.93. The van der Waals surface area contributed by atoms with Gasteiger partial charge in [0.05, 0.1) is 6.61 Å². The molecule has 2 N–H and O–H groups in total. The first-order valence-corrected chi connectivity index (χ1v) is 4.85. The molecule has 0 aliphatic rings. The van der Waals surface area contributed by atoms with E-state index < -0.39 is 5.91 Å². The molecule has 1 amide bonds. The van der Waals surface area contributed by atoms with E-state index in [4.69, 9.17) is 11.5 Å². The molecule has 3 nitrogen and oxygen atoms in total. The van der Waals surface area contributed by atoms with Gasteiger partial charge in [0, 0.05) is 11.3 Å². The summed E-state index contributed by atoms with van der Waals surface area (Å²) in [5.41, 5.74) is 0. The molecular formula is C8H13NO2S. The van der Waals surface area contributed by atoms with Crippen molar-refractivity contribution >= 4 is 17.7 Å². The molecule has 0 aliphatic heterocycles. The molecule has 12 heavy (non-hydrogen) atoms. The molecule has 0 aromatic heterocycles. The second kappa shape index (κ2) is 5.92. The average Bonchev–Trinajstić information content (AvgIpc) is 2.06. The Kier molecular flexibility index (Phi) is 5.60. The Hall–Kier alpha value is -0.660. The molecule has 0 fully saturated rings. The Bertz CT molecular complexity index is 184. The van der Waals surface area contributed by atoms with Gasteiger partial charge in [-0.05, 0) is 19.1 Å². The highest BCUT2D eigenvalue weighted by Gasteiger charge is 2.15. The number of nitrogens with one attached hydrogen (secondary N) is 1. The molecule has 0 aliphatic carbocycles. The lowest BCUT2D eigenvalue weighted by molar-refractivity contribution is -0.116. The zero-order chi connectivity index (χ0) is 9.56. The van der Waals surface area contributed by atoms with Crippen molar-refractivity contribution in [2.75, 3.05) is 12.9 Å². The van der Waals surface area contributed by atoms with E-state index in [1.807, 2.05) is 19.1 Å².